The summed E-state index contributed by atoms with van der Waals surface area (Å²) >= 11 is 0. The van der Waals surface area contributed by atoms with Crippen LogP contribution in [-0.2, 0) is 4.79 Å². The van der Waals surface area contributed by atoms with Gasteiger partial charge in [-0.05, 0) is 49.5 Å². The highest BCUT2D eigenvalue weighted by Crippen LogP contribution is 2.17. The van der Waals surface area contributed by atoms with E-state index in [2.05, 4.69) is 25.4 Å². The van der Waals surface area contributed by atoms with Crippen molar-refractivity contribution < 1.29 is 9.18 Å². The molecule has 2 heterocycles. The quantitative estimate of drug-likeness (QED) is 0.846. The Labute approximate surface area is 139 Å². The fourth-order valence-electron chi connectivity index (χ4n) is 2.69. The average molecular weight is 329 g/mol. The lowest BCUT2D eigenvalue weighted by Gasteiger charge is -2.24. The number of nitrogens with one attached hydrogen (secondary N) is 2. The van der Waals surface area contributed by atoms with Crippen molar-refractivity contribution >= 4 is 23.4 Å². The molecular weight excluding hydrogens is 309 g/mol. The van der Waals surface area contributed by atoms with Gasteiger partial charge in [-0.1, -0.05) is 12.1 Å². The Morgan fingerprint density at radius 3 is 2.67 bits per heavy atom. The van der Waals surface area contributed by atoms with E-state index < -0.39 is 0 Å². The zero-order valence-corrected chi connectivity index (χ0v) is 13.6. The fraction of sp³-hybridized carbons (Fsp3) is 0.353. The third-order valence-corrected chi connectivity index (χ3v) is 4.00. The predicted octanol–water partition coefficient (Wildman–Crippen LogP) is 2.98. The smallest absolute Gasteiger partial charge is 0.250 e. The number of allylic oxidation sites excluding steroid dienone is 1. The fourth-order valence-corrected chi connectivity index (χ4v) is 2.69. The molecule has 0 radical (unpaired) electrons. The summed E-state index contributed by atoms with van der Waals surface area (Å²) < 4.78 is 12.9. The number of halogens is 1. The van der Waals surface area contributed by atoms with Crippen LogP contribution >= 0.6 is 0 Å². The van der Waals surface area contributed by atoms with Gasteiger partial charge in [-0.2, -0.15) is 4.98 Å². The number of anilines is 2. The number of rotatable bonds is 4. The minimum absolute atomic E-state index is 0.303. The summed E-state index contributed by atoms with van der Waals surface area (Å²) in [5, 5.41) is 9.56. The van der Waals surface area contributed by atoms with Crippen LogP contribution in [0.2, 0.25) is 0 Å². The lowest BCUT2D eigenvalue weighted by atomic mass is 10.1. The molecule has 1 aliphatic rings. The van der Waals surface area contributed by atoms with E-state index in [9.17, 15) is 9.18 Å². The first-order valence-electron chi connectivity index (χ1n) is 8.04. The molecule has 0 aliphatic carbocycles. The Hall–Kier alpha value is -2.70. The number of piperidine rings is 1. The predicted molar refractivity (Wildman–Crippen MR) is 91.1 cm³/mol. The molecule has 126 valence electrons. The van der Waals surface area contributed by atoms with Gasteiger partial charge in [0.2, 0.25) is 11.9 Å². The van der Waals surface area contributed by atoms with Crippen molar-refractivity contribution in [1.82, 2.24) is 15.2 Å². The van der Waals surface area contributed by atoms with Crippen LogP contribution in [-0.4, -0.2) is 34.2 Å². The molecule has 1 amide bonds. The van der Waals surface area contributed by atoms with Gasteiger partial charge in [0.15, 0.2) is 0 Å². The van der Waals surface area contributed by atoms with E-state index in [-0.39, 0.29) is 11.7 Å². The monoisotopic (exact) mass is 329 g/mol. The zero-order chi connectivity index (χ0) is 16.9. The highest BCUT2D eigenvalue weighted by Gasteiger charge is 2.15. The van der Waals surface area contributed by atoms with Crippen LogP contribution in [0.5, 0.6) is 0 Å². The summed E-state index contributed by atoms with van der Waals surface area (Å²) in [4.78, 5) is 18.5. The lowest BCUT2D eigenvalue weighted by molar-refractivity contribution is -0.111. The van der Waals surface area contributed by atoms with Crippen molar-refractivity contribution in [2.24, 2.45) is 0 Å². The summed E-state index contributed by atoms with van der Waals surface area (Å²) in [6.07, 6.45) is 4.96. The molecule has 7 heteroatoms. The molecule has 0 saturated carbocycles. The van der Waals surface area contributed by atoms with Gasteiger partial charge in [0.1, 0.15) is 5.82 Å². The van der Waals surface area contributed by atoms with E-state index in [1.165, 1.54) is 24.6 Å². The topological polar surface area (TPSA) is 73.9 Å². The number of nitrogens with zero attached hydrogens (tertiary/aromatic N) is 3. The summed E-state index contributed by atoms with van der Waals surface area (Å²) in [7, 11) is 0. The number of carbonyl (C=O) groups excluding carboxylic acids is 1. The van der Waals surface area contributed by atoms with Crippen molar-refractivity contribution in [2.75, 3.05) is 23.3 Å². The average Bonchev–Trinajstić information content (AvgIpc) is 3.04. The highest BCUT2D eigenvalue weighted by atomic mass is 19.1. The molecule has 0 bridgehead atoms. The van der Waals surface area contributed by atoms with Crippen molar-refractivity contribution in [3.63, 3.8) is 0 Å². The molecule has 1 aromatic carbocycles. The molecule has 1 aliphatic heterocycles. The van der Waals surface area contributed by atoms with Crippen molar-refractivity contribution in [2.45, 2.75) is 26.2 Å². The van der Waals surface area contributed by atoms with E-state index in [0.717, 1.165) is 37.1 Å². The largest absolute Gasteiger partial charge is 0.340 e. The molecule has 1 aromatic heterocycles. The number of aromatic nitrogens is 3. The van der Waals surface area contributed by atoms with Gasteiger partial charge >= 0.3 is 0 Å². The number of amides is 1. The molecule has 6 nitrogen and oxygen atoms in total. The van der Waals surface area contributed by atoms with E-state index in [4.69, 9.17) is 0 Å². The Morgan fingerprint density at radius 1 is 1.25 bits per heavy atom. The Bertz CT molecular complexity index is 732. The molecule has 1 saturated heterocycles. The van der Waals surface area contributed by atoms with Crippen molar-refractivity contribution in [3.05, 3.63) is 41.7 Å². The van der Waals surface area contributed by atoms with Crippen LogP contribution in [0.15, 0.2) is 30.3 Å². The van der Waals surface area contributed by atoms with Gasteiger partial charge in [-0.3, -0.25) is 10.1 Å². The van der Waals surface area contributed by atoms with Crippen molar-refractivity contribution in [1.29, 1.82) is 0 Å². The van der Waals surface area contributed by atoms with Crippen LogP contribution in [0.25, 0.3) is 5.57 Å². The van der Waals surface area contributed by atoms with Gasteiger partial charge < -0.3 is 4.90 Å². The van der Waals surface area contributed by atoms with Crippen LogP contribution < -0.4 is 10.2 Å². The number of aromatic amines is 1. The van der Waals surface area contributed by atoms with E-state index >= 15 is 0 Å². The van der Waals surface area contributed by atoms with Gasteiger partial charge in [-0.25, -0.2) is 9.49 Å². The van der Waals surface area contributed by atoms with Crippen molar-refractivity contribution in [3.8, 4) is 0 Å². The zero-order valence-electron chi connectivity index (χ0n) is 13.6. The number of hydrogen-bond donors (Lipinski definition) is 2. The van der Waals surface area contributed by atoms with E-state index in [1.54, 1.807) is 19.1 Å². The van der Waals surface area contributed by atoms with Gasteiger partial charge in [0, 0.05) is 19.2 Å². The number of carbonyl (C=O) groups is 1. The third kappa shape index (κ3) is 3.98. The Balaban J connectivity index is 1.63. The maximum Gasteiger partial charge on any atom is 0.250 e. The van der Waals surface area contributed by atoms with Gasteiger partial charge in [0.05, 0.1) is 0 Å². The second kappa shape index (κ2) is 7.25. The summed E-state index contributed by atoms with van der Waals surface area (Å²) in [6, 6.07) is 6.01. The highest BCUT2D eigenvalue weighted by molar-refractivity contribution is 6.02. The second-order valence-corrected chi connectivity index (χ2v) is 5.86. The molecule has 0 spiro atoms. The first-order chi connectivity index (χ1) is 11.6. The standard InChI is InChI=1S/C17H20FN5O/c1-12(13-5-7-14(18)8-6-13)11-15(24)19-16-20-17(22-21-16)23-9-3-2-4-10-23/h5-8,11H,2-4,9-10H2,1H3,(H2,19,20,21,22,24)/b12-11-. The maximum atomic E-state index is 12.9. The molecule has 1 fully saturated rings. The molecular formula is C17H20FN5O. The number of hydrogen-bond acceptors (Lipinski definition) is 4. The Morgan fingerprint density at radius 2 is 1.96 bits per heavy atom. The minimum atomic E-state index is -0.307. The summed E-state index contributed by atoms with van der Waals surface area (Å²) in [6.45, 7) is 3.68. The third-order valence-electron chi connectivity index (χ3n) is 4.00. The van der Waals surface area contributed by atoms with Crippen LogP contribution in [0.4, 0.5) is 16.3 Å². The normalized spacial score (nSPS) is 15.4. The van der Waals surface area contributed by atoms with E-state index in [0.29, 0.717) is 11.9 Å². The molecule has 2 aromatic rings. The lowest BCUT2D eigenvalue weighted by Crippen LogP contribution is -2.30. The first-order valence-corrected chi connectivity index (χ1v) is 8.04. The molecule has 24 heavy (non-hydrogen) atoms. The molecule has 0 atom stereocenters. The molecule has 3 rings (SSSR count). The van der Waals surface area contributed by atoms with Crippen LogP contribution in [0.3, 0.4) is 0 Å². The first kappa shape index (κ1) is 16.2. The van der Waals surface area contributed by atoms with Crippen LogP contribution in [0.1, 0.15) is 31.7 Å². The summed E-state index contributed by atoms with van der Waals surface area (Å²) in [5.41, 5.74) is 1.53. The molecule has 0 unspecified atom stereocenters. The van der Waals surface area contributed by atoms with Crippen LogP contribution in [0, 0.1) is 5.82 Å². The maximum absolute atomic E-state index is 12.9. The van der Waals surface area contributed by atoms with E-state index in [1.807, 2.05) is 0 Å². The number of H-pyrrole nitrogens is 1. The summed E-state index contributed by atoms with van der Waals surface area (Å²) in [5.74, 6) is 0.328. The second-order valence-electron chi connectivity index (χ2n) is 5.86. The SMILES string of the molecule is C/C(=C/C(=O)Nc1nc(N2CCCCC2)n[nH]1)c1ccc(F)cc1. The Kier molecular flexibility index (Phi) is 4.88. The minimum Gasteiger partial charge on any atom is -0.340 e. The van der Waals surface area contributed by atoms with Gasteiger partial charge in [-0.15, -0.1) is 5.10 Å². The molecule has 2 N–H and O–H groups in total. The van der Waals surface area contributed by atoms with Gasteiger partial charge in [0.25, 0.3) is 5.91 Å². The number of benzene rings is 1.